The van der Waals surface area contributed by atoms with Gasteiger partial charge in [-0.25, -0.2) is 4.57 Å². The van der Waals surface area contributed by atoms with Gasteiger partial charge in [-0.15, -0.1) is 10.2 Å². The number of halogens is 2. The average molecular weight is 496 g/mol. The van der Waals surface area contributed by atoms with E-state index in [4.69, 9.17) is 23.2 Å². The molecular formula is C23H15Cl2N5O2S. The molecule has 5 aromatic rings. The van der Waals surface area contributed by atoms with Gasteiger partial charge in [0, 0.05) is 5.69 Å². The molecule has 33 heavy (non-hydrogen) atoms. The summed E-state index contributed by atoms with van der Waals surface area (Å²) in [6.07, 6.45) is 0. The highest BCUT2D eigenvalue weighted by molar-refractivity contribution is 7.99. The highest BCUT2D eigenvalue weighted by Gasteiger charge is 2.18. The van der Waals surface area contributed by atoms with E-state index in [1.165, 1.54) is 16.3 Å². The Kier molecular flexibility index (Phi) is 5.80. The van der Waals surface area contributed by atoms with Crippen LogP contribution in [0.2, 0.25) is 10.0 Å². The van der Waals surface area contributed by atoms with Gasteiger partial charge in [0.1, 0.15) is 0 Å². The maximum absolute atomic E-state index is 13.3. The number of hydrogen-bond donors (Lipinski definition) is 1. The Morgan fingerprint density at radius 3 is 2.48 bits per heavy atom. The fourth-order valence-electron chi connectivity index (χ4n) is 3.48. The summed E-state index contributed by atoms with van der Waals surface area (Å²) < 4.78 is 3.32. The van der Waals surface area contributed by atoms with Crippen molar-refractivity contribution in [3.05, 3.63) is 93.2 Å². The number of para-hydroxylation sites is 2. The topological polar surface area (TPSA) is 81.3 Å². The van der Waals surface area contributed by atoms with Crippen LogP contribution in [-0.2, 0) is 4.79 Å². The molecule has 2 heterocycles. The van der Waals surface area contributed by atoms with Crippen molar-refractivity contribution in [2.45, 2.75) is 5.16 Å². The minimum Gasteiger partial charge on any atom is -0.325 e. The lowest BCUT2D eigenvalue weighted by Gasteiger charge is -2.11. The molecule has 1 amide bonds. The molecule has 0 radical (unpaired) electrons. The smallest absolute Gasteiger partial charge is 0.267 e. The summed E-state index contributed by atoms with van der Waals surface area (Å²) in [4.78, 5) is 25.8. The second-order valence-corrected chi connectivity index (χ2v) is 8.83. The molecule has 0 aliphatic rings. The number of aromatic nitrogens is 4. The van der Waals surface area contributed by atoms with Gasteiger partial charge in [-0.05, 0) is 42.5 Å². The Labute approximate surface area is 202 Å². The van der Waals surface area contributed by atoms with Crippen LogP contribution >= 0.6 is 35.0 Å². The zero-order valence-electron chi connectivity index (χ0n) is 16.9. The standard InChI is InChI=1S/C23H15Cl2N5O2S/c24-17-11-10-14(12-18(17)25)26-20(31)13-33-23-28-27-22-29(15-6-2-1-3-7-15)21(32)16-8-4-5-9-19(16)30(22)23/h1-12H,13H2,(H,26,31). The SMILES string of the molecule is O=C(CSc1nnc2n(-c3ccccc3)c(=O)c3ccccc3n12)Nc1ccc(Cl)c(Cl)c1. The summed E-state index contributed by atoms with van der Waals surface area (Å²) in [5, 5.41) is 13.1. The molecule has 0 bridgehead atoms. The second-order valence-electron chi connectivity index (χ2n) is 7.08. The molecule has 3 aromatic carbocycles. The van der Waals surface area contributed by atoms with Gasteiger partial charge < -0.3 is 5.32 Å². The summed E-state index contributed by atoms with van der Waals surface area (Å²) in [6.45, 7) is 0. The van der Waals surface area contributed by atoms with Crippen molar-refractivity contribution in [1.82, 2.24) is 19.2 Å². The highest BCUT2D eigenvalue weighted by atomic mass is 35.5. The first-order chi connectivity index (χ1) is 16.0. The zero-order chi connectivity index (χ0) is 22.9. The van der Waals surface area contributed by atoms with Crippen LogP contribution in [0.25, 0.3) is 22.4 Å². The first kappa shape index (κ1) is 21.5. The molecule has 0 fully saturated rings. The minimum absolute atomic E-state index is 0.0832. The number of nitrogens with one attached hydrogen (secondary N) is 1. The monoisotopic (exact) mass is 495 g/mol. The van der Waals surface area contributed by atoms with Crippen LogP contribution in [0.5, 0.6) is 0 Å². The van der Waals surface area contributed by atoms with Crippen molar-refractivity contribution >= 4 is 63.2 Å². The number of hydrogen-bond acceptors (Lipinski definition) is 5. The predicted octanol–water partition coefficient (Wildman–Crippen LogP) is 5.07. The normalized spacial score (nSPS) is 11.2. The molecule has 0 unspecified atom stereocenters. The van der Waals surface area contributed by atoms with Crippen LogP contribution in [0.3, 0.4) is 0 Å². The van der Waals surface area contributed by atoms with Gasteiger partial charge in [0.2, 0.25) is 11.7 Å². The average Bonchev–Trinajstić information content (AvgIpc) is 3.25. The fourth-order valence-corrected chi connectivity index (χ4v) is 4.52. The van der Waals surface area contributed by atoms with Crippen LogP contribution in [0.4, 0.5) is 5.69 Å². The number of nitrogens with zero attached hydrogens (tertiary/aromatic N) is 4. The van der Waals surface area contributed by atoms with Gasteiger partial charge in [-0.3, -0.25) is 14.0 Å². The lowest BCUT2D eigenvalue weighted by Crippen LogP contribution is -2.21. The van der Waals surface area contributed by atoms with Crippen molar-refractivity contribution in [1.29, 1.82) is 0 Å². The van der Waals surface area contributed by atoms with E-state index in [9.17, 15) is 9.59 Å². The van der Waals surface area contributed by atoms with Gasteiger partial charge in [-0.2, -0.15) is 0 Å². The molecule has 10 heteroatoms. The van der Waals surface area contributed by atoms with Crippen LogP contribution in [0, 0.1) is 0 Å². The van der Waals surface area contributed by atoms with E-state index in [2.05, 4.69) is 15.5 Å². The van der Waals surface area contributed by atoms with Crippen molar-refractivity contribution in [3.8, 4) is 5.69 Å². The van der Waals surface area contributed by atoms with E-state index in [1.54, 1.807) is 28.7 Å². The molecule has 0 aliphatic heterocycles. The summed E-state index contributed by atoms with van der Waals surface area (Å²) in [5.41, 5.74) is 1.71. The van der Waals surface area contributed by atoms with Crippen LogP contribution in [0.1, 0.15) is 0 Å². The Morgan fingerprint density at radius 2 is 1.70 bits per heavy atom. The molecule has 0 atom stereocenters. The Hall–Kier alpha value is -3.33. The number of carbonyl (C=O) groups excluding carboxylic acids is 1. The fraction of sp³-hybridized carbons (Fsp3) is 0.0435. The first-order valence-corrected chi connectivity index (χ1v) is 11.6. The number of thioether (sulfide) groups is 1. The molecule has 1 N–H and O–H groups in total. The van der Waals surface area contributed by atoms with Gasteiger partial charge in [0.25, 0.3) is 5.56 Å². The van der Waals surface area contributed by atoms with E-state index in [-0.39, 0.29) is 17.2 Å². The predicted molar refractivity (Wildman–Crippen MR) is 132 cm³/mol. The summed E-state index contributed by atoms with van der Waals surface area (Å²) in [5.74, 6) is 0.216. The van der Waals surface area contributed by atoms with Crippen molar-refractivity contribution in [2.75, 3.05) is 11.1 Å². The molecular weight excluding hydrogens is 481 g/mol. The number of rotatable bonds is 5. The van der Waals surface area contributed by atoms with Gasteiger partial charge in [-0.1, -0.05) is 65.3 Å². The van der Waals surface area contributed by atoms with Gasteiger partial charge in [0.15, 0.2) is 5.16 Å². The molecule has 2 aromatic heterocycles. The maximum Gasteiger partial charge on any atom is 0.267 e. The Morgan fingerprint density at radius 1 is 0.939 bits per heavy atom. The lowest BCUT2D eigenvalue weighted by molar-refractivity contribution is -0.113. The van der Waals surface area contributed by atoms with E-state index in [1.807, 2.05) is 48.5 Å². The quantitative estimate of drug-likeness (QED) is 0.344. The number of benzene rings is 3. The third kappa shape index (κ3) is 4.08. The summed E-state index contributed by atoms with van der Waals surface area (Å²) in [7, 11) is 0. The number of amides is 1. The van der Waals surface area contributed by atoms with Crippen molar-refractivity contribution < 1.29 is 4.79 Å². The molecule has 0 saturated carbocycles. The molecule has 7 nitrogen and oxygen atoms in total. The van der Waals surface area contributed by atoms with Gasteiger partial charge >= 0.3 is 0 Å². The molecule has 164 valence electrons. The van der Waals surface area contributed by atoms with E-state index < -0.39 is 0 Å². The van der Waals surface area contributed by atoms with E-state index in [0.717, 1.165) is 0 Å². The molecule has 0 saturated heterocycles. The van der Waals surface area contributed by atoms with E-state index in [0.29, 0.717) is 43.3 Å². The van der Waals surface area contributed by atoms with Crippen LogP contribution in [0.15, 0.2) is 82.7 Å². The third-order valence-electron chi connectivity index (χ3n) is 4.94. The Bertz CT molecular complexity index is 1570. The largest absolute Gasteiger partial charge is 0.325 e. The number of anilines is 1. The maximum atomic E-state index is 13.3. The molecule has 0 aliphatic carbocycles. The van der Waals surface area contributed by atoms with Crippen molar-refractivity contribution in [3.63, 3.8) is 0 Å². The van der Waals surface area contributed by atoms with Crippen LogP contribution in [-0.4, -0.2) is 30.8 Å². The first-order valence-electron chi connectivity index (χ1n) is 9.85. The van der Waals surface area contributed by atoms with Crippen molar-refractivity contribution in [2.24, 2.45) is 0 Å². The molecule has 5 rings (SSSR count). The lowest BCUT2D eigenvalue weighted by atomic mass is 10.2. The Balaban J connectivity index is 1.52. The highest BCUT2D eigenvalue weighted by Crippen LogP contribution is 2.26. The zero-order valence-corrected chi connectivity index (χ0v) is 19.2. The summed E-state index contributed by atoms with van der Waals surface area (Å²) >= 11 is 13.2. The van der Waals surface area contributed by atoms with E-state index >= 15 is 0 Å². The number of fused-ring (bicyclic) bond motifs is 3. The summed E-state index contributed by atoms with van der Waals surface area (Å²) in [6, 6.07) is 21.4. The number of carbonyl (C=O) groups is 1. The third-order valence-corrected chi connectivity index (χ3v) is 6.61. The van der Waals surface area contributed by atoms with Crippen LogP contribution < -0.4 is 10.9 Å². The second kappa shape index (κ2) is 8.90. The molecule has 0 spiro atoms. The van der Waals surface area contributed by atoms with Gasteiger partial charge in [0.05, 0.1) is 32.4 Å². The minimum atomic E-state index is -0.240.